The van der Waals surface area contributed by atoms with Crippen LogP contribution in [0.2, 0.25) is 0 Å². The van der Waals surface area contributed by atoms with E-state index in [-0.39, 0.29) is 0 Å². The molecule has 10 heavy (non-hydrogen) atoms. The monoisotopic (exact) mass is 145 g/mol. The second-order valence-corrected chi connectivity index (χ2v) is 1.26. The van der Waals surface area contributed by atoms with Crippen LogP contribution < -0.4 is 11.2 Å². The second kappa shape index (κ2) is 4.30. The Morgan fingerprint density at radius 3 is 2.70 bits per heavy atom. The Hall–Kier alpha value is -1.59. The van der Waals surface area contributed by atoms with Crippen molar-refractivity contribution in [2.24, 2.45) is 10.8 Å². The van der Waals surface area contributed by atoms with Crippen molar-refractivity contribution < 1.29 is 14.3 Å². The molecule has 0 bridgehead atoms. The maximum atomic E-state index is 10.2. The number of nitrogens with two attached hydrogens (primary N) is 1. The van der Waals surface area contributed by atoms with Crippen molar-refractivity contribution in [1.82, 2.24) is 5.43 Å². The van der Waals surface area contributed by atoms with Crippen LogP contribution in [0.5, 0.6) is 0 Å². The predicted molar refractivity (Wildman–Crippen MR) is 33.2 cm³/mol. The number of rotatable bonds is 2. The van der Waals surface area contributed by atoms with Crippen LogP contribution in [0.25, 0.3) is 0 Å². The highest BCUT2D eigenvalue weighted by molar-refractivity contribution is 6.23. The van der Waals surface area contributed by atoms with Crippen molar-refractivity contribution in [2.75, 3.05) is 7.11 Å². The lowest BCUT2D eigenvalue weighted by Crippen LogP contribution is -2.25. The molecule has 0 unspecified atom stereocenters. The molecule has 0 rings (SSSR count). The molecule has 0 spiro atoms. The highest BCUT2D eigenvalue weighted by Gasteiger charge is 1.91. The molecule has 0 saturated heterocycles. The fraction of sp³-hybridized carbons (Fsp3) is 0.250. The number of hydrogen-bond acceptors (Lipinski definition) is 4. The topological polar surface area (TPSA) is 93.8 Å². The summed E-state index contributed by atoms with van der Waals surface area (Å²) in [7, 11) is 1.19. The summed E-state index contributed by atoms with van der Waals surface area (Å²) < 4.78 is 4.15. The van der Waals surface area contributed by atoms with Gasteiger partial charge in [-0.3, -0.25) is 0 Å². The average Bonchev–Trinajstić information content (AvgIpc) is 1.87. The standard InChI is InChI=1S/C4H7N3O3/c1-10-3(8)2-6-7-4(5)9/h2H,1H3,(H3,5,7,9)/b6-2+. The SMILES string of the molecule is COC(=O)/C=N/NC(N)=O. The summed E-state index contributed by atoms with van der Waals surface area (Å²) in [6.07, 6.45) is 0.796. The number of hydrazone groups is 1. The Morgan fingerprint density at radius 1 is 1.70 bits per heavy atom. The molecule has 3 N–H and O–H groups in total. The van der Waals surface area contributed by atoms with E-state index in [1.54, 1.807) is 0 Å². The third kappa shape index (κ3) is 4.57. The number of urea groups is 1. The number of nitrogens with zero attached hydrogens (tertiary/aromatic N) is 1. The summed E-state index contributed by atoms with van der Waals surface area (Å²) in [6, 6.07) is -0.833. The molecule has 0 saturated carbocycles. The second-order valence-electron chi connectivity index (χ2n) is 1.26. The summed E-state index contributed by atoms with van der Waals surface area (Å²) in [5.41, 5.74) is 6.42. The minimum atomic E-state index is -0.833. The van der Waals surface area contributed by atoms with Crippen molar-refractivity contribution in [3.05, 3.63) is 0 Å². The van der Waals surface area contributed by atoms with Gasteiger partial charge in [-0.1, -0.05) is 0 Å². The highest BCUT2D eigenvalue weighted by atomic mass is 16.5. The van der Waals surface area contributed by atoms with Crippen LogP contribution in [0.3, 0.4) is 0 Å². The van der Waals surface area contributed by atoms with E-state index in [0.29, 0.717) is 0 Å². The van der Waals surface area contributed by atoms with E-state index in [9.17, 15) is 9.59 Å². The molecule has 0 aromatic carbocycles. The third-order valence-electron chi connectivity index (χ3n) is 0.546. The van der Waals surface area contributed by atoms with E-state index < -0.39 is 12.0 Å². The van der Waals surface area contributed by atoms with Crippen LogP contribution in [-0.2, 0) is 9.53 Å². The highest BCUT2D eigenvalue weighted by Crippen LogP contribution is 1.65. The summed E-state index contributed by atoms with van der Waals surface area (Å²) in [5, 5.41) is 3.12. The van der Waals surface area contributed by atoms with E-state index in [1.807, 2.05) is 5.43 Å². The normalized spacial score (nSPS) is 9.30. The summed E-state index contributed by atoms with van der Waals surface area (Å²) in [4.78, 5) is 20.1. The molecule has 0 aliphatic rings. The van der Waals surface area contributed by atoms with E-state index in [4.69, 9.17) is 0 Å². The number of primary amides is 1. The number of methoxy groups -OCH3 is 1. The van der Waals surface area contributed by atoms with Gasteiger partial charge in [0.25, 0.3) is 0 Å². The van der Waals surface area contributed by atoms with Crippen LogP contribution in [0, 0.1) is 0 Å². The minimum Gasteiger partial charge on any atom is -0.465 e. The van der Waals surface area contributed by atoms with Crippen LogP contribution in [-0.4, -0.2) is 25.3 Å². The number of carbonyl (C=O) groups is 2. The predicted octanol–water partition coefficient (Wildman–Crippen LogP) is -1.19. The lowest BCUT2D eigenvalue weighted by Gasteiger charge is -1.89. The summed E-state index contributed by atoms with van der Waals surface area (Å²) in [6.45, 7) is 0. The first-order chi connectivity index (χ1) is 4.66. The van der Waals surface area contributed by atoms with Crippen LogP contribution in [0.15, 0.2) is 5.10 Å². The number of hydrogen-bond donors (Lipinski definition) is 2. The fourth-order valence-corrected chi connectivity index (χ4v) is 0.201. The van der Waals surface area contributed by atoms with Gasteiger partial charge in [-0.2, -0.15) is 5.10 Å². The molecule has 0 heterocycles. The van der Waals surface area contributed by atoms with Gasteiger partial charge in [0.1, 0.15) is 6.21 Å². The largest absolute Gasteiger partial charge is 0.465 e. The van der Waals surface area contributed by atoms with Gasteiger partial charge in [0.05, 0.1) is 7.11 Å². The number of esters is 1. The minimum absolute atomic E-state index is 0.659. The molecular weight excluding hydrogens is 138 g/mol. The van der Waals surface area contributed by atoms with E-state index >= 15 is 0 Å². The Labute approximate surface area is 57.0 Å². The Kier molecular flexibility index (Phi) is 3.62. The van der Waals surface area contributed by atoms with E-state index in [1.165, 1.54) is 7.11 Å². The quantitative estimate of drug-likeness (QED) is 0.290. The van der Waals surface area contributed by atoms with Crippen LogP contribution in [0.1, 0.15) is 0 Å². The maximum absolute atomic E-state index is 10.2. The number of nitrogens with one attached hydrogen (secondary N) is 1. The summed E-state index contributed by atoms with van der Waals surface area (Å²) in [5.74, 6) is -0.659. The van der Waals surface area contributed by atoms with Crippen molar-refractivity contribution in [3.63, 3.8) is 0 Å². The zero-order valence-electron chi connectivity index (χ0n) is 5.33. The molecule has 56 valence electrons. The Morgan fingerprint density at radius 2 is 2.30 bits per heavy atom. The number of carbonyl (C=O) groups excluding carboxylic acids is 2. The van der Waals surface area contributed by atoms with Gasteiger partial charge >= 0.3 is 12.0 Å². The van der Waals surface area contributed by atoms with Crippen LogP contribution in [0.4, 0.5) is 4.79 Å². The van der Waals surface area contributed by atoms with Crippen LogP contribution >= 0.6 is 0 Å². The first kappa shape index (κ1) is 8.41. The zero-order valence-corrected chi connectivity index (χ0v) is 5.33. The van der Waals surface area contributed by atoms with Gasteiger partial charge in [0.15, 0.2) is 0 Å². The lowest BCUT2D eigenvalue weighted by atomic mass is 10.8. The molecule has 2 amide bonds. The van der Waals surface area contributed by atoms with Gasteiger partial charge in [-0.15, -0.1) is 0 Å². The molecular formula is C4H7N3O3. The van der Waals surface area contributed by atoms with Crippen molar-refractivity contribution in [2.45, 2.75) is 0 Å². The molecule has 0 aliphatic carbocycles. The van der Waals surface area contributed by atoms with Crippen molar-refractivity contribution in [3.8, 4) is 0 Å². The van der Waals surface area contributed by atoms with Gasteiger partial charge in [0.2, 0.25) is 0 Å². The first-order valence-corrected chi connectivity index (χ1v) is 2.33. The first-order valence-electron chi connectivity index (χ1n) is 2.33. The molecule has 0 fully saturated rings. The Balaban J connectivity index is 3.56. The summed E-state index contributed by atoms with van der Waals surface area (Å²) >= 11 is 0. The number of ether oxygens (including phenoxy) is 1. The van der Waals surface area contributed by atoms with Gasteiger partial charge < -0.3 is 10.5 Å². The molecule has 0 aliphatic heterocycles. The molecule has 0 radical (unpaired) electrons. The molecule has 6 nitrogen and oxygen atoms in total. The van der Waals surface area contributed by atoms with Crippen molar-refractivity contribution in [1.29, 1.82) is 0 Å². The molecule has 0 aromatic rings. The maximum Gasteiger partial charge on any atom is 0.350 e. The van der Waals surface area contributed by atoms with Gasteiger partial charge in [0, 0.05) is 0 Å². The zero-order chi connectivity index (χ0) is 7.98. The number of amides is 2. The van der Waals surface area contributed by atoms with E-state index in [2.05, 4.69) is 15.6 Å². The molecule has 0 atom stereocenters. The van der Waals surface area contributed by atoms with E-state index in [0.717, 1.165) is 6.21 Å². The molecule has 0 aromatic heterocycles. The smallest absolute Gasteiger partial charge is 0.350 e. The van der Waals surface area contributed by atoms with Gasteiger partial charge in [-0.05, 0) is 0 Å². The Bertz CT molecular complexity index is 165. The fourth-order valence-electron chi connectivity index (χ4n) is 0.201. The lowest BCUT2D eigenvalue weighted by molar-refractivity contribution is -0.132. The van der Waals surface area contributed by atoms with Crippen molar-refractivity contribution >= 4 is 18.2 Å². The van der Waals surface area contributed by atoms with Gasteiger partial charge in [-0.25, -0.2) is 15.0 Å². The average molecular weight is 145 g/mol. The third-order valence-corrected chi connectivity index (χ3v) is 0.546. The molecule has 6 heteroatoms.